The minimum absolute atomic E-state index is 0.0247. The summed E-state index contributed by atoms with van der Waals surface area (Å²) in [5, 5.41) is 12.2. The number of hydrogen-bond donors (Lipinski definition) is 2. The van der Waals surface area contributed by atoms with Gasteiger partial charge in [-0.3, -0.25) is 9.59 Å². The summed E-state index contributed by atoms with van der Waals surface area (Å²) in [4.78, 5) is 30.5. The highest BCUT2D eigenvalue weighted by Crippen LogP contribution is 2.75. The molecular formula is C37H44N4O6S. The molecule has 1 spiro atoms. The number of amides is 2. The van der Waals surface area contributed by atoms with Crippen molar-refractivity contribution in [3.63, 3.8) is 0 Å². The van der Waals surface area contributed by atoms with Gasteiger partial charge in [0.15, 0.2) is 0 Å². The molecule has 254 valence electrons. The van der Waals surface area contributed by atoms with E-state index in [4.69, 9.17) is 4.74 Å². The lowest BCUT2D eigenvalue weighted by Crippen LogP contribution is -2.91. The Morgan fingerprint density at radius 3 is 2.44 bits per heavy atom. The van der Waals surface area contributed by atoms with Crippen molar-refractivity contribution in [1.82, 2.24) is 18.5 Å². The topological polar surface area (TPSA) is 121 Å². The molecule has 5 fully saturated rings. The molecule has 3 aromatic rings. The Kier molecular flexibility index (Phi) is 6.29. The van der Waals surface area contributed by atoms with Crippen LogP contribution in [0.3, 0.4) is 0 Å². The number of hydrogen-bond acceptors (Lipinski definition) is 6. The predicted molar refractivity (Wildman–Crippen MR) is 181 cm³/mol. The molecule has 48 heavy (non-hydrogen) atoms. The Balaban J connectivity index is 1.22. The van der Waals surface area contributed by atoms with Crippen LogP contribution in [0.25, 0.3) is 22.2 Å². The zero-order valence-electron chi connectivity index (χ0n) is 28.1. The first-order valence-corrected chi connectivity index (χ1v) is 18.9. The van der Waals surface area contributed by atoms with Crippen LogP contribution in [0.2, 0.25) is 0 Å². The van der Waals surface area contributed by atoms with Gasteiger partial charge in [-0.1, -0.05) is 25.3 Å². The maximum Gasteiger partial charge on any atom is 0.303 e. The van der Waals surface area contributed by atoms with Crippen LogP contribution in [-0.2, 0) is 21.5 Å². The van der Waals surface area contributed by atoms with Crippen LogP contribution < -0.4 is 9.46 Å². The van der Waals surface area contributed by atoms with E-state index in [9.17, 15) is 23.1 Å². The molecule has 11 heteroatoms. The van der Waals surface area contributed by atoms with E-state index < -0.39 is 27.1 Å². The highest BCUT2D eigenvalue weighted by atomic mass is 32.2. The number of carbonyl (C=O) groups is 2. The van der Waals surface area contributed by atoms with Gasteiger partial charge in [0, 0.05) is 66.1 Å². The van der Waals surface area contributed by atoms with Gasteiger partial charge in [-0.2, -0.15) is 12.7 Å². The van der Waals surface area contributed by atoms with Gasteiger partial charge in [0.2, 0.25) is 5.91 Å². The van der Waals surface area contributed by atoms with Gasteiger partial charge in [0.25, 0.3) is 5.91 Å². The molecule has 9 rings (SSSR count). The van der Waals surface area contributed by atoms with Crippen molar-refractivity contribution in [3.05, 3.63) is 53.1 Å². The molecule has 6 atom stereocenters. The second kappa shape index (κ2) is 9.85. The van der Waals surface area contributed by atoms with Crippen LogP contribution in [0.5, 0.6) is 5.75 Å². The number of carbonyl (C=O) groups excluding carboxylic acids is 2. The van der Waals surface area contributed by atoms with E-state index in [-0.39, 0.29) is 34.9 Å². The van der Waals surface area contributed by atoms with Gasteiger partial charge < -0.3 is 19.3 Å². The minimum Gasteiger partial charge on any atom is -0.497 e. The van der Waals surface area contributed by atoms with Crippen molar-refractivity contribution in [3.8, 4) is 17.0 Å². The first kappa shape index (κ1) is 30.6. The number of ether oxygens (including phenoxy) is 1. The monoisotopic (exact) mass is 672 g/mol. The Bertz CT molecular complexity index is 2020. The average molecular weight is 673 g/mol. The number of aliphatic hydroxyl groups is 1. The maximum absolute atomic E-state index is 15.0. The standard InChI is InChI=1S/C37H44N4O6S/c1-35(44)19-30-37(35)15-14-29(37)41(30)34(43)36-18-27(36)26-17-23(47-4)11-13-24(26)32-31(21-8-6-5-7-9-21)25-12-10-22(16-28(25)40(32)20-36)33(42)38-48(45,46)39(2)3/h10-13,16-17,21,27,29-30,44H,5-9,14-15,18-20H2,1-4H3,(H,38,42). The molecule has 1 aromatic heterocycles. The smallest absolute Gasteiger partial charge is 0.303 e. The molecule has 2 amide bonds. The van der Waals surface area contributed by atoms with Crippen LogP contribution in [-0.4, -0.2) is 78.0 Å². The quantitative estimate of drug-likeness (QED) is 0.384. The van der Waals surface area contributed by atoms with Gasteiger partial charge in [0.1, 0.15) is 5.75 Å². The third kappa shape index (κ3) is 3.78. The summed E-state index contributed by atoms with van der Waals surface area (Å²) in [7, 11) is 0.462. The number of nitrogens with one attached hydrogen (secondary N) is 1. The number of aromatic nitrogens is 1. The zero-order chi connectivity index (χ0) is 33.5. The summed E-state index contributed by atoms with van der Waals surface area (Å²) < 4.78 is 36.4. The Morgan fingerprint density at radius 2 is 1.79 bits per heavy atom. The van der Waals surface area contributed by atoms with Crippen molar-refractivity contribution < 1.29 is 27.9 Å². The third-order valence-electron chi connectivity index (χ3n) is 13.4. The molecule has 4 aliphatic carbocycles. The van der Waals surface area contributed by atoms with Crippen molar-refractivity contribution in [2.75, 3.05) is 21.2 Å². The first-order chi connectivity index (χ1) is 22.8. The lowest BCUT2D eigenvalue weighted by molar-refractivity contribution is -0.352. The fourth-order valence-electron chi connectivity index (χ4n) is 10.7. The number of piperidine rings is 2. The SMILES string of the molecule is COc1ccc2c(c1)C1CC1(C(=O)N1C3CCC34C1CC4(C)O)Cn1c-2c(C2CCCCC2)c2ccc(C(=O)NS(=O)(=O)N(C)C)cc21. The molecule has 10 nitrogen and oxygen atoms in total. The van der Waals surface area contributed by atoms with Crippen molar-refractivity contribution in [2.45, 2.75) is 101 Å². The molecule has 4 saturated carbocycles. The lowest BCUT2D eigenvalue weighted by atomic mass is 9.36. The molecule has 6 aliphatic rings. The minimum atomic E-state index is -3.98. The number of fused-ring (bicyclic) bond motifs is 7. The van der Waals surface area contributed by atoms with Crippen LogP contribution in [0.15, 0.2) is 36.4 Å². The molecule has 6 unspecified atom stereocenters. The molecule has 2 aliphatic heterocycles. The lowest BCUT2D eigenvalue weighted by Gasteiger charge is -2.82. The van der Waals surface area contributed by atoms with E-state index in [0.717, 1.165) is 82.7 Å². The molecule has 0 radical (unpaired) electrons. The molecule has 2 N–H and O–H groups in total. The van der Waals surface area contributed by atoms with E-state index in [0.29, 0.717) is 18.9 Å². The second-order valence-corrected chi connectivity index (χ2v) is 17.7. The van der Waals surface area contributed by atoms with Gasteiger partial charge in [-0.25, -0.2) is 4.72 Å². The van der Waals surface area contributed by atoms with E-state index in [1.807, 2.05) is 25.1 Å². The zero-order valence-corrected chi connectivity index (χ0v) is 28.9. The Labute approximate surface area is 281 Å². The average Bonchev–Trinajstić information content (AvgIpc) is 3.71. The normalized spacial score (nSPS) is 33.1. The molecule has 2 aromatic carbocycles. The van der Waals surface area contributed by atoms with Gasteiger partial charge >= 0.3 is 10.2 Å². The summed E-state index contributed by atoms with van der Waals surface area (Å²) in [6.45, 7) is 2.42. The van der Waals surface area contributed by atoms with Crippen LogP contribution in [0.1, 0.15) is 98.0 Å². The predicted octanol–water partition coefficient (Wildman–Crippen LogP) is 4.90. The fraction of sp³-hybridized carbons (Fsp3) is 0.568. The Morgan fingerprint density at radius 1 is 1.02 bits per heavy atom. The fourth-order valence-corrected chi connectivity index (χ4v) is 11.2. The van der Waals surface area contributed by atoms with E-state index in [1.165, 1.54) is 26.1 Å². The number of nitrogens with zero attached hydrogens (tertiary/aromatic N) is 3. The number of likely N-dealkylation sites (tertiary alicyclic amines) is 1. The number of rotatable bonds is 6. The summed E-state index contributed by atoms with van der Waals surface area (Å²) in [6, 6.07) is 12.0. The Hall–Kier alpha value is -3.41. The van der Waals surface area contributed by atoms with E-state index in [1.54, 1.807) is 13.2 Å². The van der Waals surface area contributed by atoms with Crippen LogP contribution in [0, 0.1) is 10.8 Å². The maximum atomic E-state index is 15.0. The third-order valence-corrected chi connectivity index (χ3v) is 14.8. The molecule has 3 heterocycles. The highest BCUT2D eigenvalue weighted by Gasteiger charge is 2.82. The highest BCUT2D eigenvalue weighted by molar-refractivity contribution is 7.87. The summed E-state index contributed by atoms with van der Waals surface area (Å²) in [6.07, 6.45) is 8.94. The van der Waals surface area contributed by atoms with Crippen LogP contribution >= 0.6 is 0 Å². The largest absolute Gasteiger partial charge is 0.497 e. The number of benzene rings is 2. The summed E-state index contributed by atoms with van der Waals surface area (Å²) >= 11 is 0. The summed E-state index contributed by atoms with van der Waals surface area (Å²) in [5.41, 5.74) is 4.23. The van der Waals surface area contributed by atoms with E-state index >= 15 is 0 Å². The van der Waals surface area contributed by atoms with E-state index in [2.05, 4.69) is 26.3 Å². The number of methoxy groups -OCH3 is 1. The molecule has 0 bridgehead atoms. The van der Waals surface area contributed by atoms with Gasteiger partial charge in [0.05, 0.1) is 23.8 Å². The summed E-state index contributed by atoms with van der Waals surface area (Å²) in [5.74, 6) is 0.626. The van der Waals surface area contributed by atoms with Crippen molar-refractivity contribution in [2.24, 2.45) is 10.8 Å². The van der Waals surface area contributed by atoms with Crippen molar-refractivity contribution >= 4 is 32.9 Å². The molecular weight excluding hydrogens is 628 g/mol. The van der Waals surface area contributed by atoms with Crippen molar-refractivity contribution in [1.29, 1.82) is 0 Å². The van der Waals surface area contributed by atoms with Gasteiger partial charge in [-0.05, 0) is 92.8 Å². The van der Waals surface area contributed by atoms with Gasteiger partial charge in [-0.15, -0.1) is 0 Å². The second-order valence-electron chi connectivity index (χ2n) is 15.8. The van der Waals surface area contributed by atoms with Crippen LogP contribution in [0.4, 0.5) is 0 Å². The first-order valence-electron chi connectivity index (χ1n) is 17.5. The molecule has 1 saturated heterocycles.